The van der Waals surface area contributed by atoms with Crippen molar-refractivity contribution in [3.63, 3.8) is 0 Å². The average Bonchev–Trinajstić information content (AvgIpc) is 2.96. The van der Waals surface area contributed by atoms with Crippen molar-refractivity contribution in [3.05, 3.63) is 90.1 Å². The monoisotopic (exact) mass is 333 g/mol. The zero-order valence-electron chi connectivity index (χ0n) is 14.2. The molecule has 0 spiro atoms. The molecular weight excluding hydrogens is 312 g/mol. The molecule has 1 atom stereocenters. The average molecular weight is 333 g/mol. The van der Waals surface area contributed by atoms with Crippen LogP contribution in [-0.4, -0.2) is 12.2 Å². The first-order valence-electron chi connectivity index (χ1n) is 8.38. The molecular formula is C21H21N2O2+. The van der Waals surface area contributed by atoms with E-state index in [1.54, 1.807) is 7.11 Å². The van der Waals surface area contributed by atoms with Crippen LogP contribution in [0, 0.1) is 0 Å². The smallest absolute Gasteiger partial charge is 0.279 e. The summed E-state index contributed by atoms with van der Waals surface area (Å²) in [5.41, 5.74) is 0.940. The molecule has 2 heterocycles. The molecule has 126 valence electrons. The standard InChI is InChI=1S/C21H21N2O2/c1-25-19-12-10-17(11-13-19)15-23-20-9-5-6-14-22(20)16-21(23,24)18-7-3-2-4-8-18/h2-14,24H,15-16H2,1H3/q+1. The molecule has 0 amide bonds. The minimum Gasteiger partial charge on any atom is -0.497 e. The van der Waals surface area contributed by atoms with Gasteiger partial charge in [0.1, 0.15) is 12.3 Å². The predicted octanol–water partition coefficient (Wildman–Crippen LogP) is 2.85. The molecule has 0 bridgehead atoms. The zero-order chi connectivity index (χ0) is 17.3. The van der Waals surface area contributed by atoms with Crippen molar-refractivity contribution in [2.75, 3.05) is 12.0 Å². The summed E-state index contributed by atoms with van der Waals surface area (Å²) < 4.78 is 7.33. The van der Waals surface area contributed by atoms with Gasteiger partial charge in [-0.1, -0.05) is 48.5 Å². The fourth-order valence-corrected chi connectivity index (χ4v) is 3.44. The molecule has 0 saturated heterocycles. The van der Waals surface area contributed by atoms with E-state index in [1.165, 1.54) is 0 Å². The van der Waals surface area contributed by atoms with E-state index in [0.29, 0.717) is 13.1 Å². The van der Waals surface area contributed by atoms with Crippen LogP contribution in [0.15, 0.2) is 79.0 Å². The number of aromatic nitrogens is 1. The summed E-state index contributed by atoms with van der Waals surface area (Å²) >= 11 is 0. The number of fused-ring (bicyclic) bond motifs is 1. The van der Waals surface area contributed by atoms with Gasteiger partial charge in [0.05, 0.1) is 13.3 Å². The van der Waals surface area contributed by atoms with E-state index in [2.05, 4.69) is 9.47 Å². The summed E-state index contributed by atoms with van der Waals surface area (Å²) in [6.07, 6.45) is 2.01. The second-order valence-corrected chi connectivity index (χ2v) is 6.30. The lowest BCUT2D eigenvalue weighted by Gasteiger charge is -2.27. The van der Waals surface area contributed by atoms with Gasteiger partial charge < -0.3 is 9.84 Å². The molecule has 1 unspecified atom stereocenters. The summed E-state index contributed by atoms with van der Waals surface area (Å²) in [5.74, 6) is 1.84. The summed E-state index contributed by atoms with van der Waals surface area (Å²) in [6.45, 7) is 1.11. The number of ether oxygens (including phenoxy) is 1. The van der Waals surface area contributed by atoms with Gasteiger partial charge in [-0.15, -0.1) is 0 Å². The van der Waals surface area contributed by atoms with E-state index in [0.717, 1.165) is 22.7 Å². The summed E-state index contributed by atoms with van der Waals surface area (Å²) in [4.78, 5) is 2.06. The van der Waals surface area contributed by atoms with Crippen molar-refractivity contribution in [1.82, 2.24) is 0 Å². The Morgan fingerprint density at radius 3 is 2.44 bits per heavy atom. The molecule has 1 N–H and O–H groups in total. The lowest BCUT2D eigenvalue weighted by Crippen LogP contribution is -2.45. The number of anilines is 1. The van der Waals surface area contributed by atoms with Gasteiger partial charge in [0.15, 0.2) is 6.54 Å². The highest BCUT2D eigenvalue weighted by Gasteiger charge is 2.51. The van der Waals surface area contributed by atoms with Crippen molar-refractivity contribution < 1.29 is 14.4 Å². The predicted molar refractivity (Wildman–Crippen MR) is 96.2 cm³/mol. The fourth-order valence-electron chi connectivity index (χ4n) is 3.44. The van der Waals surface area contributed by atoms with Gasteiger partial charge in [0.2, 0.25) is 0 Å². The largest absolute Gasteiger partial charge is 0.497 e. The van der Waals surface area contributed by atoms with Crippen LogP contribution in [0.3, 0.4) is 0 Å². The van der Waals surface area contributed by atoms with E-state index in [9.17, 15) is 5.11 Å². The van der Waals surface area contributed by atoms with Crippen LogP contribution in [0.25, 0.3) is 0 Å². The Kier molecular flexibility index (Phi) is 3.90. The highest BCUT2D eigenvalue weighted by Crippen LogP contribution is 2.36. The van der Waals surface area contributed by atoms with Crippen LogP contribution in [0.2, 0.25) is 0 Å². The molecule has 0 aliphatic carbocycles. The lowest BCUT2D eigenvalue weighted by atomic mass is 10.0. The van der Waals surface area contributed by atoms with Crippen LogP contribution >= 0.6 is 0 Å². The minimum absolute atomic E-state index is 0.503. The molecule has 1 aliphatic rings. The maximum atomic E-state index is 11.6. The van der Waals surface area contributed by atoms with E-state index in [1.807, 2.05) is 79.0 Å². The maximum Gasteiger partial charge on any atom is 0.279 e. The van der Waals surface area contributed by atoms with Crippen LogP contribution < -0.4 is 14.2 Å². The number of rotatable bonds is 4. The quantitative estimate of drug-likeness (QED) is 0.746. The van der Waals surface area contributed by atoms with Gasteiger partial charge >= 0.3 is 0 Å². The van der Waals surface area contributed by atoms with Gasteiger partial charge in [-0.25, -0.2) is 9.47 Å². The molecule has 2 aromatic carbocycles. The number of hydrogen-bond acceptors (Lipinski definition) is 3. The molecule has 4 heteroatoms. The van der Waals surface area contributed by atoms with E-state index in [4.69, 9.17) is 4.74 Å². The highest BCUT2D eigenvalue weighted by molar-refractivity contribution is 5.44. The van der Waals surface area contributed by atoms with Crippen LogP contribution in [-0.2, 0) is 18.8 Å². The number of pyridine rings is 1. The summed E-state index contributed by atoms with van der Waals surface area (Å²) in [7, 11) is 1.66. The van der Waals surface area contributed by atoms with Crippen molar-refractivity contribution in [3.8, 4) is 5.75 Å². The first-order valence-corrected chi connectivity index (χ1v) is 8.38. The molecule has 1 aliphatic heterocycles. The Balaban J connectivity index is 1.74. The molecule has 0 saturated carbocycles. The third-order valence-electron chi connectivity index (χ3n) is 4.77. The first-order chi connectivity index (χ1) is 12.2. The Labute approximate surface area is 147 Å². The van der Waals surface area contributed by atoms with Crippen LogP contribution in [0.1, 0.15) is 11.1 Å². The number of benzene rings is 2. The van der Waals surface area contributed by atoms with Crippen molar-refractivity contribution in [2.24, 2.45) is 0 Å². The maximum absolute atomic E-state index is 11.6. The Morgan fingerprint density at radius 1 is 1.00 bits per heavy atom. The molecule has 4 nitrogen and oxygen atoms in total. The number of nitrogens with zero attached hydrogens (tertiary/aromatic N) is 2. The van der Waals surface area contributed by atoms with Gasteiger partial charge in [0, 0.05) is 11.6 Å². The van der Waals surface area contributed by atoms with E-state index in [-0.39, 0.29) is 0 Å². The van der Waals surface area contributed by atoms with Gasteiger partial charge in [-0.05, 0) is 23.8 Å². The Hall–Kier alpha value is -2.85. The number of hydrogen-bond donors (Lipinski definition) is 1. The zero-order valence-corrected chi connectivity index (χ0v) is 14.2. The molecule has 4 rings (SSSR count). The lowest BCUT2D eigenvalue weighted by molar-refractivity contribution is -0.683. The second-order valence-electron chi connectivity index (χ2n) is 6.30. The highest BCUT2D eigenvalue weighted by atomic mass is 16.5. The number of aliphatic hydroxyl groups is 1. The van der Waals surface area contributed by atoms with Crippen LogP contribution in [0.5, 0.6) is 5.75 Å². The second kappa shape index (κ2) is 6.22. The SMILES string of the molecule is COc1ccc(CN2c3cccc[n+]3CC2(O)c2ccccc2)cc1. The van der Waals surface area contributed by atoms with E-state index >= 15 is 0 Å². The Bertz CT molecular complexity index is 865. The first kappa shape index (κ1) is 15.7. The van der Waals surface area contributed by atoms with Crippen molar-refractivity contribution in [2.45, 2.75) is 18.8 Å². The minimum atomic E-state index is -1.07. The third-order valence-corrected chi connectivity index (χ3v) is 4.77. The van der Waals surface area contributed by atoms with Crippen molar-refractivity contribution >= 4 is 5.82 Å². The molecule has 0 radical (unpaired) electrons. The van der Waals surface area contributed by atoms with E-state index < -0.39 is 5.72 Å². The third kappa shape index (κ3) is 2.75. The fraction of sp³-hybridized carbons (Fsp3) is 0.190. The molecule has 25 heavy (non-hydrogen) atoms. The summed E-state index contributed by atoms with van der Waals surface area (Å²) in [6, 6.07) is 23.9. The topological polar surface area (TPSA) is 36.6 Å². The normalized spacial score (nSPS) is 18.9. The molecule has 3 aromatic rings. The number of methoxy groups -OCH3 is 1. The van der Waals surface area contributed by atoms with Gasteiger partial charge in [-0.3, -0.25) is 0 Å². The summed E-state index contributed by atoms with van der Waals surface area (Å²) in [5, 5.41) is 11.6. The van der Waals surface area contributed by atoms with Gasteiger partial charge in [-0.2, -0.15) is 0 Å². The van der Waals surface area contributed by atoms with Crippen molar-refractivity contribution in [1.29, 1.82) is 0 Å². The molecule has 1 aromatic heterocycles. The Morgan fingerprint density at radius 2 is 1.72 bits per heavy atom. The van der Waals surface area contributed by atoms with Crippen LogP contribution in [0.4, 0.5) is 5.82 Å². The molecule has 0 fully saturated rings. The van der Waals surface area contributed by atoms with Gasteiger partial charge in [0.25, 0.3) is 11.5 Å².